The van der Waals surface area contributed by atoms with Crippen molar-refractivity contribution in [2.45, 2.75) is 33.7 Å². The van der Waals surface area contributed by atoms with Crippen molar-refractivity contribution in [2.24, 2.45) is 11.8 Å². The molecule has 0 spiro atoms. The predicted octanol–water partition coefficient (Wildman–Crippen LogP) is 3.39. The molecule has 0 bridgehead atoms. The molecule has 0 aliphatic rings. The summed E-state index contributed by atoms with van der Waals surface area (Å²) in [4.78, 5) is 13.0. The van der Waals surface area contributed by atoms with Crippen LogP contribution >= 0.6 is 0 Å². The number of carboxylic acid groups (broad SMARTS) is 1. The number of carboxylic acids is 1. The molecule has 0 aliphatic carbocycles. The minimum atomic E-state index is -0.812. The summed E-state index contributed by atoms with van der Waals surface area (Å²) in [5.41, 5.74) is 0.619. The Morgan fingerprint density at radius 3 is 2.50 bits per heavy atom. The van der Waals surface area contributed by atoms with Crippen molar-refractivity contribution in [3.05, 3.63) is 35.6 Å². The standard InChI is InChI=1S/C16H24FNO2/c1-12(2)8-9-18(10-13(3)16(19)20)11-14-6-4-5-7-15(14)17/h4-7,12-13H,8-11H2,1-3H3,(H,19,20). The summed E-state index contributed by atoms with van der Waals surface area (Å²) in [6.07, 6.45) is 0.973. The van der Waals surface area contributed by atoms with E-state index in [9.17, 15) is 9.18 Å². The molecule has 3 nitrogen and oxygen atoms in total. The van der Waals surface area contributed by atoms with Crippen LogP contribution in [0.15, 0.2) is 24.3 Å². The first-order valence-electron chi connectivity index (χ1n) is 7.08. The molecule has 0 aromatic heterocycles. The number of hydrogen-bond acceptors (Lipinski definition) is 2. The van der Waals surface area contributed by atoms with E-state index in [0.29, 0.717) is 24.6 Å². The lowest BCUT2D eigenvalue weighted by Gasteiger charge is -2.25. The Kier molecular flexibility index (Phi) is 6.65. The summed E-state index contributed by atoms with van der Waals surface area (Å²) in [6, 6.07) is 6.66. The molecule has 1 N–H and O–H groups in total. The summed E-state index contributed by atoms with van der Waals surface area (Å²) in [5.74, 6) is -0.953. The highest BCUT2D eigenvalue weighted by Crippen LogP contribution is 2.13. The fourth-order valence-corrected chi connectivity index (χ4v) is 2.01. The van der Waals surface area contributed by atoms with Gasteiger partial charge in [-0.2, -0.15) is 0 Å². The van der Waals surface area contributed by atoms with Gasteiger partial charge in [0.05, 0.1) is 5.92 Å². The monoisotopic (exact) mass is 281 g/mol. The van der Waals surface area contributed by atoms with E-state index >= 15 is 0 Å². The first kappa shape index (κ1) is 16.6. The quantitative estimate of drug-likeness (QED) is 0.794. The van der Waals surface area contributed by atoms with Crippen molar-refractivity contribution in [3.63, 3.8) is 0 Å². The summed E-state index contributed by atoms with van der Waals surface area (Å²) >= 11 is 0. The lowest BCUT2D eigenvalue weighted by molar-refractivity contribution is -0.141. The Morgan fingerprint density at radius 2 is 1.95 bits per heavy atom. The van der Waals surface area contributed by atoms with Gasteiger partial charge in [0.25, 0.3) is 0 Å². The van der Waals surface area contributed by atoms with Gasteiger partial charge in [0.15, 0.2) is 0 Å². The zero-order chi connectivity index (χ0) is 15.1. The molecule has 0 heterocycles. The van der Waals surface area contributed by atoms with Gasteiger partial charge in [-0.1, -0.05) is 39.0 Å². The molecule has 1 rings (SSSR count). The van der Waals surface area contributed by atoms with E-state index in [1.807, 2.05) is 4.90 Å². The second-order valence-electron chi connectivity index (χ2n) is 5.75. The fourth-order valence-electron chi connectivity index (χ4n) is 2.01. The van der Waals surface area contributed by atoms with Crippen molar-refractivity contribution in [3.8, 4) is 0 Å². The van der Waals surface area contributed by atoms with Crippen LogP contribution in [-0.4, -0.2) is 29.1 Å². The summed E-state index contributed by atoms with van der Waals surface area (Å²) in [5, 5.41) is 9.03. The number of benzene rings is 1. The largest absolute Gasteiger partial charge is 0.481 e. The van der Waals surface area contributed by atoms with Gasteiger partial charge in [0.2, 0.25) is 0 Å². The molecule has 0 fully saturated rings. The molecule has 0 saturated carbocycles. The van der Waals surface area contributed by atoms with Crippen LogP contribution in [0.5, 0.6) is 0 Å². The average Bonchev–Trinajstić information content (AvgIpc) is 2.38. The van der Waals surface area contributed by atoms with Crippen molar-refractivity contribution in [2.75, 3.05) is 13.1 Å². The summed E-state index contributed by atoms with van der Waals surface area (Å²) < 4.78 is 13.7. The Labute approximate surface area is 120 Å². The molecule has 1 aromatic carbocycles. The second kappa shape index (κ2) is 8.00. The number of aliphatic carboxylic acids is 1. The maximum absolute atomic E-state index is 13.7. The van der Waals surface area contributed by atoms with E-state index in [1.54, 1.807) is 25.1 Å². The van der Waals surface area contributed by atoms with Crippen LogP contribution in [0.2, 0.25) is 0 Å². The summed E-state index contributed by atoms with van der Waals surface area (Å²) in [6.45, 7) is 7.62. The van der Waals surface area contributed by atoms with Crippen molar-refractivity contribution < 1.29 is 14.3 Å². The average molecular weight is 281 g/mol. The Hall–Kier alpha value is -1.42. The van der Waals surface area contributed by atoms with Gasteiger partial charge in [-0.15, -0.1) is 0 Å². The number of halogens is 1. The van der Waals surface area contributed by atoms with Gasteiger partial charge in [0, 0.05) is 18.7 Å². The van der Waals surface area contributed by atoms with Gasteiger partial charge < -0.3 is 5.11 Å². The molecule has 4 heteroatoms. The molecule has 112 valence electrons. The molecule has 0 aliphatic heterocycles. The normalized spacial score (nSPS) is 12.9. The van der Waals surface area contributed by atoms with Crippen LogP contribution in [0.3, 0.4) is 0 Å². The van der Waals surface area contributed by atoms with Gasteiger partial charge in [-0.3, -0.25) is 9.69 Å². The Balaban J connectivity index is 2.71. The zero-order valence-corrected chi connectivity index (χ0v) is 12.5. The maximum atomic E-state index is 13.7. The molecule has 0 radical (unpaired) electrons. The summed E-state index contributed by atoms with van der Waals surface area (Å²) in [7, 11) is 0. The number of carbonyl (C=O) groups is 1. The van der Waals surface area contributed by atoms with Crippen molar-refractivity contribution >= 4 is 5.97 Å². The Morgan fingerprint density at radius 1 is 1.30 bits per heavy atom. The smallest absolute Gasteiger partial charge is 0.307 e. The third-order valence-electron chi connectivity index (χ3n) is 3.33. The van der Waals surface area contributed by atoms with E-state index in [0.717, 1.165) is 13.0 Å². The molecule has 20 heavy (non-hydrogen) atoms. The highest BCUT2D eigenvalue weighted by molar-refractivity contribution is 5.69. The first-order chi connectivity index (χ1) is 9.40. The van der Waals surface area contributed by atoms with Crippen LogP contribution < -0.4 is 0 Å². The van der Waals surface area contributed by atoms with E-state index in [2.05, 4.69) is 13.8 Å². The van der Waals surface area contributed by atoms with Gasteiger partial charge in [0.1, 0.15) is 5.82 Å². The zero-order valence-electron chi connectivity index (χ0n) is 12.5. The first-order valence-corrected chi connectivity index (χ1v) is 7.08. The third kappa shape index (κ3) is 5.70. The third-order valence-corrected chi connectivity index (χ3v) is 3.33. The predicted molar refractivity (Wildman–Crippen MR) is 77.9 cm³/mol. The van der Waals surface area contributed by atoms with Crippen LogP contribution in [0.1, 0.15) is 32.8 Å². The molecular formula is C16H24FNO2. The molecule has 1 unspecified atom stereocenters. The molecule has 0 saturated heterocycles. The minimum absolute atomic E-state index is 0.231. The topological polar surface area (TPSA) is 40.5 Å². The number of rotatable bonds is 8. The highest BCUT2D eigenvalue weighted by atomic mass is 19.1. The second-order valence-corrected chi connectivity index (χ2v) is 5.75. The Bertz CT molecular complexity index is 434. The SMILES string of the molecule is CC(C)CCN(Cc1ccccc1F)CC(C)C(=O)O. The number of nitrogens with zero attached hydrogens (tertiary/aromatic N) is 1. The number of hydrogen-bond donors (Lipinski definition) is 1. The van der Waals surface area contributed by atoms with Crippen molar-refractivity contribution in [1.29, 1.82) is 0 Å². The van der Waals surface area contributed by atoms with Crippen molar-refractivity contribution in [1.82, 2.24) is 4.90 Å². The van der Waals surface area contributed by atoms with E-state index in [-0.39, 0.29) is 5.82 Å². The van der Waals surface area contributed by atoms with Gasteiger partial charge in [-0.25, -0.2) is 4.39 Å². The van der Waals surface area contributed by atoms with Gasteiger partial charge in [-0.05, 0) is 24.9 Å². The van der Waals surface area contributed by atoms with E-state index in [4.69, 9.17) is 5.11 Å². The lowest BCUT2D eigenvalue weighted by atomic mass is 10.1. The van der Waals surface area contributed by atoms with Crippen LogP contribution in [0, 0.1) is 17.7 Å². The molecule has 1 atom stereocenters. The van der Waals surface area contributed by atoms with Crippen LogP contribution in [0.4, 0.5) is 4.39 Å². The van der Waals surface area contributed by atoms with E-state index in [1.165, 1.54) is 6.07 Å². The maximum Gasteiger partial charge on any atom is 0.307 e. The highest BCUT2D eigenvalue weighted by Gasteiger charge is 2.17. The molecule has 0 amide bonds. The fraction of sp³-hybridized carbons (Fsp3) is 0.562. The van der Waals surface area contributed by atoms with E-state index < -0.39 is 11.9 Å². The van der Waals surface area contributed by atoms with Crippen LogP contribution in [0.25, 0.3) is 0 Å². The minimum Gasteiger partial charge on any atom is -0.481 e. The van der Waals surface area contributed by atoms with Gasteiger partial charge >= 0.3 is 5.97 Å². The molecule has 1 aromatic rings. The molecular weight excluding hydrogens is 257 g/mol. The van der Waals surface area contributed by atoms with Crippen LogP contribution in [-0.2, 0) is 11.3 Å². The lowest BCUT2D eigenvalue weighted by Crippen LogP contribution is -2.33.